The van der Waals surface area contributed by atoms with Gasteiger partial charge in [0.1, 0.15) is 0 Å². The average Bonchev–Trinajstić information content (AvgIpc) is 2.62. The molecule has 2 aromatic carbocycles. The van der Waals surface area contributed by atoms with E-state index in [1.165, 1.54) is 6.07 Å². The molecular formula is C21H26N2O5S. The number of benzene rings is 2. The quantitative estimate of drug-likeness (QED) is 0.642. The Morgan fingerprint density at radius 3 is 2.31 bits per heavy atom. The summed E-state index contributed by atoms with van der Waals surface area (Å²) in [4.78, 5) is 23.9. The Bertz CT molecular complexity index is 1020. The predicted octanol–water partition coefficient (Wildman–Crippen LogP) is 2.77. The number of hydrogen-bond donors (Lipinski definition) is 2. The first-order chi connectivity index (χ1) is 13.6. The second-order valence-electron chi connectivity index (χ2n) is 6.92. The van der Waals surface area contributed by atoms with Crippen LogP contribution in [0.4, 0.5) is 5.69 Å². The molecule has 2 N–H and O–H groups in total. The molecule has 0 aromatic heterocycles. The Morgan fingerprint density at radius 2 is 1.66 bits per heavy atom. The summed E-state index contributed by atoms with van der Waals surface area (Å²) in [6.07, 6.45) is -0.180. The van der Waals surface area contributed by atoms with E-state index in [4.69, 9.17) is 4.74 Å². The van der Waals surface area contributed by atoms with Gasteiger partial charge in [0.2, 0.25) is 10.0 Å². The maximum absolute atomic E-state index is 12.3. The summed E-state index contributed by atoms with van der Waals surface area (Å²) in [5, 5.41) is 2.65. The van der Waals surface area contributed by atoms with Crippen LogP contribution in [0, 0.1) is 27.7 Å². The third-order valence-electron chi connectivity index (χ3n) is 4.40. The van der Waals surface area contributed by atoms with Crippen LogP contribution in [0.3, 0.4) is 0 Å². The van der Waals surface area contributed by atoms with Crippen LogP contribution >= 0.6 is 0 Å². The number of nitrogens with one attached hydrogen (secondary N) is 2. The first-order valence-corrected chi connectivity index (χ1v) is 10.7. The zero-order valence-corrected chi connectivity index (χ0v) is 17.9. The summed E-state index contributed by atoms with van der Waals surface area (Å²) in [6.45, 7) is 6.94. The van der Waals surface area contributed by atoms with Gasteiger partial charge in [0, 0.05) is 12.2 Å². The molecule has 0 aliphatic rings. The molecule has 0 unspecified atom stereocenters. The second-order valence-corrected chi connectivity index (χ2v) is 8.66. The van der Waals surface area contributed by atoms with Crippen LogP contribution in [0.15, 0.2) is 41.3 Å². The lowest BCUT2D eigenvalue weighted by atomic mass is 10.1. The van der Waals surface area contributed by atoms with Gasteiger partial charge in [-0.2, -0.15) is 0 Å². The Morgan fingerprint density at radius 1 is 0.931 bits per heavy atom. The smallest absolute Gasteiger partial charge is 0.307 e. The number of rotatable bonds is 8. The normalized spacial score (nSPS) is 11.2. The predicted molar refractivity (Wildman–Crippen MR) is 111 cm³/mol. The van der Waals surface area contributed by atoms with Crippen LogP contribution in [0.25, 0.3) is 0 Å². The molecule has 0 fully saturated rings. The van der Waals surface area contributed by atoms with Crippen LogP contribution < -0.4 is 10.0 Å². The fraction of sp³-hybridized carbons (Fsp3) is 0.333. The highest BCUT2D eigenvalue weighted by atomic mass is 32.2. The molecule has 0 heterocycles. The number of hydrogen-bond acceptors (Lipinski definition) is 5. The van der Waals surface area contributed by atoms with E-state index >= 15 is 0 Å². The Hall–Kier alpha value is -2.71. The molecule has 29 heavy (non-hydrogen) atoms. The molecule has 2 rings (SSSR count). The van der Waals surface area contributed by atoms with Gasteiger partial charge >= 0.3 is 5.97 Å². The second kappa shape index (κ2) is 9.67. The molecule has 156 valence electrons. The van der Waals surface area contributed by atoms with Gasteiger partial charge in [0.15, 0.2) is 6.61 Å². The van der Waals surface area contributed by atoms with Crippen molar-refractivity contribution in [1.82, 2.24) is 4.72 Å². The minimum atomic E-state index is -3.72. The fourth-order valence-corrected chi connectivity index (χ4v) is 3.96. The largest absolute Gasteiger partial charge is 0.456 e. The molecule has 0 radical (unpaired) electrons. The summed E-state index contributed by atoms with van der Waals surface area (Å²) in [5.74, 6) is -1.12. The SMILES string of the molecule is Cc1ccc(S(=O)(=O)NCCC(=O)OCC(=O)Nc2ccc(C)c(C)c2)c(C)c1. The summed E-state index contributed by atoms with van der Waals surface area (Å²) in [5.41, 5.74) is 4.36. The molecule has 8 heteroatoms. The monoisotopic (exact) mass is 418 g/mol. The number of carbonyl (C=O) groups is 2. The number of amides is 1. The Labute approximate surface area is 171 Å². The van der Waals surface area contributed by atoms with E-state index in [-0.39, 0.29) is 17.9 Å². The number of esters is 1. The average molecular weight is 419 g/mol. The van der Waals surface area contributed by atoms with Gasteiger partial charge in [0.25, 0.3) is 5.91 Å². The molecule has 1 amide bonds. The first-order valence-electron chi connectivity index (χ1n) is 9.18. The lowest BCUT2D eigenvalue weighted by Crippen LogP contribution is -2.28. The van der Waals surface area contributed by atoms with E-state index in [2.05, 4.69) is 10.0 Å². The van der Waals surface area contributed by atoms with Gasteiger partial charge in [-0.3, -0.25) is 9.59 Å². The topological polar surface area (TPSA) is 102 Å². The third kappa shape index (κ3) is 6.69. The number of ether oxygens (including phenoxy) is 1. The lowest BCUT2D eigenvalue weighted by Gasteiger charge is -2.10. The van der Waals surface area contributed by atoms with Crippen molar-refractivity contribution in [3.05, 3.63) is 58.7 Å². The van der Waals surface area contributed by atoms with Crippen molar-refractivity contribution >= 4 is 27.6 Å². The highest BCUT2D eigenvalue weighted by Gasteiger charge is 2.17. The van der Waals surface area contributed by atoms with E-state index in [1.807, 2.05) is 32.9 Å². The molecular weight excluding hydrogens is 392 g/mol. The summed E-state index contributed by atoms with van der Waals surface area (Å²) < 4.78 is 32.0. The van der Waals surface area contributed by atoms with Gasteiger partial charge in [-0.15, -0.1) is 0 Å². The molecule has 0 aliphatic carbocycles. The van der Waals surface area contributed by atoms with E-state index in [0.717, 1.165) is 16.7 Å². The van der Waals surface area contributed by atoms with E-state index in [0.29, 0.717) is 11.3 Å². The van der Waals surface area contributed by atoms with Gasteiger partial charge in [-0.25, -0.2) is 13.1 Å². The van der Waals surface area contributed by atoms with E-state index in [1.54, 1.807) is 25.1 Å². The summed E-state index contributed by atoms with van der Waals surface area (Å²) in [6, 6.07) is 10.5. The van der Waals surface area contributed by atoms with Gasteiger partial charge in [-0.05, 0) is 62.6 Å². The van der Waals surface area contributed by atoms with Crippen molar-refractivity contribution in [3.63, 3.8) is 0 Å². The highest BCUT2D eigenvalue weighted by molar-refractivity contribution is 7.89. The molecule has 0 saturated heterocycles. The Kier molecular flexibility index (Phi) is 7.53. The van der Waals surface area contributed by atoms with Crippen LogP contribution in [-0.2, 0) is 24.3 Å². The number of sulfonamides is 1. The van der Waals surface area contributed by atoms with Crippen molar-refractivity contribution in [2.45, 2.75) is 39.0 Å². The van der Waals surface area contributed by atoms with Crippen molar-refractivity contribution in [3.8, 4) is 0 Å². The standard InChI is InChI=1S/C21H26N2O5S/c1-14-5-8-19(17(4)11-14)29(26,27)22-10-9-21(25)28-13-20(24)23-18-7-6-15(2)16(3)12-18/h5-8,11-12,22H,9-10,13H2,1-4H3,(H,23,24). The minimum Gasteiger partial charge on any atom is -0.456 e. The maximum Gasteiger partial charge on any atom is 0.307 e. The van der Waals surface area contributed by atoms with Crippen LogP contribution in [0.5, 0.6) is 0 Å². The lowest BCUT2D eigenvalue weighted by molar-refractivity contribution is -0.147. The molecule has 0 bridgehead atoms. The maximum atomic E-state index is 12.3. The van der Waals surface area contributed by atoms with Crippen molar-refractivity contribution in [2.75, 3.05) is 18.5 Å². The van der Waals surface area contributed by atoms with E-state index in [9.17, 15) is 18.0 Å². The van der Waals surface area contributed by atoms with Crippen molar-refractivity contribution < 1.29 is 22.7 Å². The zero-order valence-electron chi connectivity index (χ0n) is 17.0. The first kappa shape index (κ1) is 22.6. The molecule has 0 aliphatic heterocycles. The van der Waals surface area contributed by atoms with Gasteiger partial charge < -0.3 is 10.1 Å². The Balaban J connectivity index is 1.77. The summed E-state index contributed by atoms with van der Waals surface area (Å²) >= 11 is 0. The number of carbonyl (C=O) groups excluding carboxylic acids is 2. The molecule has 2 aromatic rings. The molecule has 0 atom stereocenters. The summed E-state index contributed by atoms with van der Waals surface area (Å²) in [7, 11) is -3.72. The third-order valence-corrected chi connectivity index (χ3v) is 6.02. The number of aryl methyl sites for hydroxylation is 4. The minimum absolute atomic E-state index is 0.118. The van der Waals surface area contributed by atoms with Crippen LogP contribution in [0.2, 0.25) is 0 Å². The fourth-order valence-electron chi connectivity index (χ4n) is 2.70. The molecule has 0 saturated carbocycles. The van der Waals surface area contributed by atoms with Crippen LogP contribution in [0.1, 0.15) is 28.7 Å². The van der Waals surface area contributed by atoms with Crippen molar-refractivity contribution in [2.24, 2.45) is 0 Å². The zero-order chi connectivity index (χ0) is 21.6. The van der Waals surface area contributed by atoms with Crippen molar-refractivity contribution in [1.29, 1.82) is 0 Å². The highest BCUT2D eigenvalue weighted by Crippen LogP contribution is 2.16. The molecule has 0 spiro atoms. The van der Waals surface area contributed by atoms with Crippen LogP contribution in [-0.4, -0.2) is 33.4 Å². The number of anilines is 1. The molecule has 7 nitrogen and oxygen atoms in total. The van der Waals surface area contributed by atoms with E-state index < -0.39 is 28.5 Å². The van der Waals surface area contributed by atoms with Gasteiger partial charge in [0.05, 0.1) is 11.3 Å². The van der Waals surface area contributed by atoms with Gasteiger partial charge in [-0.1, -0.05) is 23.8 Å².